The van der Waals surface area contributed by atoms with Crippen molar-refractivity contribution in [2.24, 2.45) is 4.99 Å². The lowest BCUT2D eigenvalue weighted by molar-refractivity contribution is 0.0827. The smallest absolute Gasteiger partial charge is 0.253 e. The lowest BCUT2D eigenvalue weighted by atomic mass is 10.1. The van der Waals surface area contributed by atoms with Gasteiger partial charge < -0.3 is 20.4 Å². The molecule has 1 aliphatic rings. The van der Waals surface area contributed by atoms with Crippen LogP contribution >= 0.6 is 0 Å². The average molecular weight is 389 g/mol. The van der Waals surface area contributed by atoms with Crippen molar-refractivity contribution in [1.29, 1.82) is 0 Å². The molecule has 0 bridgehead atoms. The summed E-state index contributed by atoms with van der Waals surface area (Å²) < 4.78 is 0. The highest BCUT2D eigenvalue weighted by Gasteiger charge is 2.14. The van der Waals surface area contributed by atoms with Crippen LogP contribution in [0.2, 0.25) is 0 Å². The van der Waals surface area contributed by atoms with E-state index in [2.05, 4.69) is 39.3 Å². The number of hydrogen-bond acceptors (Lipinski definition) is 4. The fraction of sp³-hybridized carbons (Fsp3) is 0.619. The van der Waals surface area contributed by atoms with Gasteiger partial charge in [0.25, 0.3) is 5.91 Å². The minimum atomic E-state index is 0.0184. The molecule has 1 fully saturated rings. The van der Waals surface area contributed by atoms with Crippen LogP contribution in [-0.2, 0) is 6.54 Å². The molecule has 0 spiro atoms. The zero-order chi connectivity index (χ0) is 20.4. The normalized spacial score (nSPS) is 16.1. The number of carbonyl (C=O) groups excluding carboxylic acids is 1. The fourth-order valence-electron chi connectivity index (χ4n) is 3.18. The molecule has 2 rings (SSSR count). The van der Waals surface area contributed by atoms with Crippen LogP contribution in [0, 0.1) is 0 Å². The summed E-state index contributed by atoms with van der Waals surface area (Å²) in [5.41, 5.74) is 1.79. The predicted molar refractivity (Wildman–Crippen MR) is 116 cm³/mol. The van der Waals surface area contributed by atoms with E-state index in [9.17, 15) is 4.79 Å². The van der Waals surface area contributed by atoms with Gasteiger partial charge in [0.15, 0.2) is 5.96 Å². The minimum absolute atomic E-state index is 0.0184. The minimum Gasteiger partial charge on any atom is -0.357 e. The summed E-state index contributed by atoms with van der Waals surface area (Å²) >= 11 is 0. The highest BCUT2D eigenvalue weighted by molar-refractivity contribution is 5.93. The summed E-state index contributed by atoms with van der Waals surface area (Å²) in [6.07, 6.45) is 0. The second-order valence-corrected chi connectivity index (χ2v) is 7.29. The van der Waals surface area contributed by atoms with Gasteiger partial charge in [-0.25, -0.2) is 4.99 Å². The van der Waals surface area contributed by atoms with Crippen LogP contribution in [0.25, 0.3) is 0 Å². The summed E-state index contributed by atoms with van der Waals surface area (Å²) in [5, 5.41) is 6.73. The topological polar surface area (TPSA) is 63.2 Å². The monoisotopic (exact) mass is 388 g/mol. The highest BCUT2D eigenvalue weighted by atomic mass is 16.2. The van der Waals surface area contributed by atoms with Gasteiger partial charge in [-0.15, -0.1) is 0 Å². The Kier molecular flexibility index (Phi) is 9.23. The largest absolute Gasteiger partial charge is 0.357 e. The van der Waals surface area contributed by atoms with E-state index in [1.54, 1.807) is 19.0 Å². The van der Waals surface area contributed by atoms with Crippen molar-refractivity contribution in [3.63, 3.8) is 0 Å². The summed E-state index contributed by atoms with van der Waals surface area (Å²) in [7, 11) is 3.53. The number of benzene rings is 1. The summed E-state index contributed by atoms with van der Waals surface area (Å²) in [6.45, 7) is 13.4. The van der Waals surface area contributed by atoms with E-state index in [4.69, 9.17) is 0 Å². The molecule has 1 amide bonds. The van der Waals surface area contributed by atoms with Crippen LogP contribution in [0.4, 0.5) is 0 Å². The van der Waals surface area contributed by atoms with Crippen molar-refractivity contribution < 1.29 is 4.79 Å². The number of likely N-dealkylation sites (N-methyl/N-ethyl adjacent to an activating group) is 1. The average Bonchev–Trinajstić information content (AvgIpc) is 2.72. The van der Waals surface area contributed by atoms with Crippen molar-refractivity contribution in [3.05, 3.63) is 35.4 Å². The molecular weight excluding hydrogens is 352 g/mol. The molecule has 2 N–H and O–H groups in total. The molecule has 0 unspecified atom stereocenters. The lowest BCUT2D eigenvalue weighted by Crippen LogP contribution is -2.49. The summed E-state index contributed by atoms with van der Waals surface area (Å²) in [5.74, 6) is 0.855. The van der Waals surface area contributed by atoms with E-state index < -0.39 is 0 Å². The fourth-order valence-corrected chi connectivity index (χ4v) is 3.18. The Morgan fingerprint density at radius 1 is 1.04 bits per heavy atom. The van der Waals surface area contributed by atoms with Gasteiger partial charge in [-0.2, -0.15) is 0 Å². The lowest BCUT2D eigenvalue weighted by Gasteiger charge is -2.34. The number of carbonyl (C=O) groups is 1. The van der Waals surface area contributed by atoms with E-state index in [0.717, 1.165) is 63.9 Å². The Hall–Kier alpha value is -2.12. The number of nitrogens with zero attached hydrogens (tertiary/aromatic N) is 4. The van der Waals surface area contributed by atoms with Crippen molar-refractivity contribution in [3.8, 4) is 0 Å². The van der Waals surface area contributed by atoms with E-state index in [0.29, 0.717) is 12.1 Å². The molecule has 1 heterocycles. The quantitative estimate of drug-likeness (QED) is 0.515. The van der Waals surface area contributed by atoms with E-state index in [1.165, 1.54) is 0 Å². The number of nitrogens with one attached hydrogen (secondary N) is 2. The molecule has 1 aromatic carbocycles. The molecule has 7 nitrogen and oxygen atoms in total. The Bertz CT molecular complexity index is 620. The van der Waals surface area contributed by atoms with E-state index in [-0.39, 0.29) is 5.91 Å². The van der Waals surface area contributed by atoms with Gasteiger partial charge in [0.1, 0.15) is 0 Å². The number of aliphatic imine (C=N–C) groups is 1. The zero-order valence-corrected chi connectivity index (χ0v) is 17.9. The third kappa shape index (κ3) is 7.13. The molecule has 7 heteroatoms. The Balaban J connectivity index is 1.80. The Morgan fingerprint density at radius 2 is 1.68 bits per heavy atom. The number of amides is 1. The SMILES string of the molecule is CCNC(=NCc1ccc(C(=O)N(C)C)cc1)NCCN1CCN(CC)CC1. The summed E-state index contributed by atoms with van der Waals surface area (Å²) in [4.78, 5) is 23.2. The van der Waals surface area contributed by atoms with E-state index >= 15 is 0 Å². The van der Waals surface area contributed by atoms with Crippen LogP contribution in [0.5, 0.6) is 0 Å². The molecule has 28 heavy (non-hydrogen) atoms. The van der Waals surface area contributed by atoms with Gasteiger partial charge in [-0.3, -0.25) is 9.69 Å². The molecule has 156 valence electrons. The van der Waals surface area contributed by atoms with Crippen LogP contribution < -0.4 is 10.6 Å². The predicted octanol–water partition coefficient (Wildman–Crippen LogP) is 1.08. The van der Waals surface area contributed by atoms with Crippen molar-refractivity contribution >= 4 is 11.9 Å². The van der Waals surface area contributed by atoms with Gasteiger partial charge in [0.05, 0.1) is 6.54 Å². The molecule has 0 radical (unpaired) electrons. The molecule has 1 aromatic rings. The third-order valence-corrected chi connectivity index (χ3v) is 5.00. The summed E-state index contributed by atoms with van der Waals surface area (Å²) in [6, 6.07) is 7.67. The van der Waals surface area contributed by atoms with E-state index in [1.807, 2.05) is 24.3 Å². The first kappa shape index (κ1) is 22.2. The molecule has 1 saturated heterocycles. The first-order chi connectivity index (χ1) is 13.5. The molecule has 0 atom stereocenters. The van der Waals surface area contributed by atoms with Gasteiger partial charge in [0, 0.05) is 65.5 Å². The van der Waals surface area contributed by atoms with Crippen molar-refractivity contribution in [2.45, 2.75) is 20.4 Å². The zero-order valence-electron chi connectivity index (χ0n) is 17.9. The van der Waals surface area contributed by atoms with Gasteiger partial charge >= 0.3 is 0 Å². The molecule has 1 aliphatic heterocycles. The molecule has 0 saturated carbocycles. The Morgan fingerprint density at radius 3 is 2.25 bits per heavy atom. The first-order valence-corrected chi connectivity index (χ1v) is 10.3. The first-order valence-electron chi connectivity index (χ1n) is 10.3. The second-order valence-electron chi connectivity index (χ2n) is 7.29. The number of guanidine groups is 1. The maximum atomic E-state index is 12.0. The molecular formula is C21H36N6O. The van der Waals surface area contributed by atoms with Crippen molar-refractivity contribution in [1.82, 2.24) is 25.3 Å². The van der Waals surface area contributed by atoms with Crippen LogP contribution in [0.15, 0.2) is 29.3 Å². The van der Waals surface area contributed by atoms with Gasteiger partial charge in [-0.1, -0.05) is 19.1 Å². The second kappa shape index (κ2) is 11.7. The van der Waals surface area contributed by atoms with Crippen LogP contribution in [0.3, 0.4) is 0 Å². The maximum Gasteiger partial charge on any atom is 0.253 e. The van der Waals surface area contributed by atoms with Gasteiger partial charge in [0.2, 0.25) is 0 Å². The number of rotatable bonds is 8. The maximum absolute atomic E-state index is 12.0. The molecule has 0 aromatic heterocycles. The van der Waals surface area contributed by atoms with Crippen molar-refractivity contribution in [2.75, 3.05) is 66.5 Å². The van der Waals surface area contributed by atoms with Crippen LogP contribution in [0.1, 0.15) is 29.8 Å². The Labute approximate surface area is 169 Å². The van der Waals surface area contributed by atoms with Gasteiger partial charge in [-0.05, 0) is 31.2 Å². The third-order valence-electron chi connectivity index (χ3n) is 5.00. The molecule has 0 aliphatic carbocycles. The number of piperazine rings is 1. The number of hydrogen-bond donors (Lipinski definition) is 2. The standard InChI is InChI=1S/C21H36N6O/c1-5-22-21(23-11-12-27-15-13-26(6-2)14-16-27)24-17-18-7-9-19(10-8-18)20(28)25(3)4/h7-10H,5-6,11-17H2,1-4H3,(H2,22,23,24). The van der Waals surface area contributed by atoms with Crippen LogP contribution in [-0.4, -0.2) is 93.0 Å². The highest BCUT2D eigenvalue weighted by Crippen LogP contribution is 2.07.